The molecule has 1 aromatic rings. The Morgan fingerprint density at radius 3 is 2.00 bits per heavy atom. The summed E-state index contributed by atoms with van der Waals surface area (Å²) in [4.78, 5) is 0. The molecule has 0 N–H and O–H groups in total. The van der Waals surface area contributed by atoms with Gasteiger partial charge in [-0.15, -0.1) is 0 Å². The van der Waals surface area contributed by atoms with Crippen LogP contribution in [0.4, 0.5) is 0 Å². The summed E-state index contributed by atoms with van der Waals surface area (Å²) >= 11 is 0. The Kier molecular flexibility index (Phi) is 4.48. The number of benzene rings is 1. The monoisotopic (exact) mass is 234 g/mol. The van der Waals surface area contributed by atoms with E-state index in [1.165, 1.54) is 5.56 Å². The Balaban J connectivity index is 0.000000640. The third-order valence-corrected chi connectivity index (χ3v) is 1.04. The van der Waals surface area contributed by atoms with E-state index in [1.807, 2.05) is 36.4 Å². The van der Waals surface area contributed by atoms with Crippen LogP contribution >= 0.6 is 0 Å². The number of hydrogen-bond acceptors (Lipinski definition) is 0. The van der Waals surface area contributed by atoms with Gasteiger partial charge in [0, 0.05) is 23.7 Å². The quantitative estimate of drug-likeness (QED) is 0.649. The topological polar surface area (TPSA) is 0 Å². The van der Waals surface area contributed by atoms with Crippen LogP contribution in [0.3, 0.4) is 0 Å². The summed E-state index contributed by atoms with van der Waals surface area (Å²) in [6.45, 7) is 3.63. The second-order valence-corrected chi connectivity index (χ2v) is 1.61. The van der Waals surface area contributed by atoms with Gasteiger partial charge in [-0.3, -0.25) is 0 Å². The van der Waals surface area contributed by atoms with Gasteiger partial charge in [0.05, 0.1) is 0 Å². The van der Waals surface area contributed by atoms with Gasteiger partial charge in [0.25, 0.3) is 0 Å². The smallest absolute Gasteiger partial charge is 0 e. The van der Waals surface area contributed by atoms with Crippen molar-refractivity contribution >= 4 is 29.7 Å². The maximum Gasteiger partial charge on any atom is 0 e. The third kappa shape index (κ3) is 2.70. The van der Waals surface area contributed by atoms with Crippen LogP contribution in [0.1, 0.15) is 5.56 Å². The molecule has 0 unspecified atom stereocenters. The zero-order chi connectivity index (χ0) is 5.82. The van der Waals surface area contributed by atoms with Crippen molar-refractivity contribution in [1.29, 1.82) is 0 Å². The summed E-state index contributed by atoms with van der Waals surface area (Å²) < 4.78 is 0. The number of hydrogen-bond donors (Lipinski definition) is 0. The van der Waals surface area contributed by atoms with Crippen molar-refractivity contribution in [2.24, 2.45) is 0 Å². The molecule has 0 aliphatic carbocycles. The van der Waals surface area contributed by atoms with Crippen LogP contribution in [0.25, 0.3) is 6.08 Å². The zero-order valence-corrected chi connectivity index (χ0v) is 7.41. The fourth-order valence-electron chi connectivity index (χ4n) is 0.589. The van der Waals surface area contributed by atoms with E-state index in [-0.39, 0.29) is 23.7 Å². The molecule has 9 heavy (non-hydrogen) atoms. The maximum atomic E-state index is 3.63. The van der Waals surface area contributed by atoms with Crippen molar-refractivity contribution in [3.8, 4) is 0 Å². The van der Waals surface area contributed by atoms with Gasteiger partial charge >= 0.3 is 0 Å². The molecule has 2 radical (unpaired) electrons. The summed E-state index contributed by atoms with van der Waals surface area (Å²) in [6.07, 6.45) is 1.83. The first-order valence-electron chi connectivity index (χ1n) is 2.61. The van der Waals surface area contributed by atoms with Gasteiger partial charge in [0.1, 0.15) is 0 Å². The molecule has 1 aromatic carbocycles. The van der Waals surface area contributed by atoms with E-state index in [9.17, 15) is 0 Å². The SMILES string of the molecule is C=Cc1ccccc1.[Te]. The largest absolute Gasteiger partial charge is 0.0985 e. The molecule has 0 aromatic heterocycles. The number of rotatable bonds is 1. The van der Waals surface area contributed by atoms with Crippen LogP contribution in [-0.4, -0.2) is 23.7 Å². The van der Waals surface area contributed by atoms with E-state index < -0.39 is 0 Å². The molecule has 0 atom stereocenters. The molecule has 0 saturated carbocycles. The molecule has 0 fully saturated rings. The average Bonchev–Trinajstić information content (AvgIpc) is 1.90. The van der Waals surface area contributed by atoms with Crippen LogP contribution < -0.4 is 0 Å². The van der Waals surface area contributed by atoms with Gasteiger partial charge in [0.2, 0.25) is 0 Å². The van der Waals surface area contributed by atoms with Crippen molar-refractivity contribution in [1.82, 2.24) is 0 Å². The fourth-order valence-corrected chi connectivity index (χ4v) is 0.589. The van der Waals surface area contributed by atoms with Crippen LogP contribution in [0, 0.1) is 0 Å². The van der Waals surface area contributed by atoms with Crippen LogP contribution in [0.15, 0.2) is 36.9 Å². The van der Waals surface area contributed by atoms with Gasteiger partial charge in [-0.2, -0.15) is 0 Å². The molecular weight excluding hydrogens is 224 g/mol. The zero-order valence-electron chi connectivity index (χ0n) is 5.08. The normalized spacial score (nSPS) is 7.56. The molecule has 46 valence electrons. The second-order valence-electron chi connectivity index (χ2n) is 1.61. The first kappa shape index (κ1) is 8.75. The summed E-state index contributed by atoms with van der Waals surface area (Å²) in [5.41, 5.74) is 1.17. The van der Waals surface area contributed by atoms with Crippen molar-refractivity contribution in [3.05, 3.63) is 42.5 Å². The van der Waals surface area contributed by atoms with Crippen molar-refractivity contribution in [3.63, 3.8) is 0 Å². The minimum absolute atomic E-state index is 0. The predicted molar refractivity (Wildman–Crippen MR) is 42.3 cm³/mol. The Morgan fingerprint density at radius 1 is 1.11 bits per heavy atom. The molecule has 0 saturated heterocycles. The molecule has 0 aliphatic heterocycles. The van der Waals surface area contributed by atoms with Crippen LogP contribution in [-0.2, 0) is 0 Å². The first-order chi connectivity index (χ1) is 3.93. The Hall–Kier alpha value is -0.250. The minimum atomic E-state index is 0. The fraction of sp³-hybridized carbons (Fsp3) is 0. The molecular formula is C8H8Te. The summed E-state index contributed by atoms with van der Waals surface area (Å²) in [5.74, 6) is 0. The van der Waals surface area contributed by atoms with E-state index in [1.54, 1.807) is 0 Å². The summed E-state index contributed by atoms with van der Waals surface area (Å²) in [5, 5.41) is 0. The van der Waals surface area contributed by atoms with Gasteiger partial charge in [0.15, 0.2) is 0 Å². The van der Waals surface area contributed by atoms with Crippen molar-refractivity contribution in [2.75, 3.05) is 0 Å². The van der Waals surface area contributed by atoms with E-state index in [2.05, 4.69) is 6.58 Å². The van der Waals surface area contributed by atoms with E-state index in [0.29, 0.717) is 0 Å². The molecule has 0 amide bonds. The molecule has 0 nitrogen and oxygen atoms in total. The van der Waals surface area contributed by atoms with E-state index in [0.717, 1.165) is 0 Å². The maximum absolute atomic E-state index is 3.63. The van der Waals surface area contributed by atoms with Crippen LogP contribution in [0.5, 0.6) is 0 Å². The van der Waals surface area contributed by atoms with E-state index >= 15 is 0 Å². The molecule has 0 spiro atoms. The Morgan fingerprint density at radius 2 is 1.67 bits per heavy atom. The minimum Gasteiger partial charge on any atom is -0.0985 e. The third-order valence-electron chi connectivity index (χ3n) is 1.04. The van der Waals surface area contributed by atoms with Gasteiger partial charge in [-0.05, 0) is 5.56 Å². The Bertz CT molecular complexity index is 167. The van der Waals surface area contributed by atoms with E-state index in [4.69, 9.17) is 0 Å². The molecule has 0 aliphatic rings. The summed E-state index contributed by atoms with van der Waals surface area (Å²) in [6, 6.07) is 10.0. The predicted octanol–water partition coefficient (Wildman–Crippen LogP) is 1.95. The summed E-state index contributed by atoms with van der Waals surface area (Å²) in [7, 11) is 0. The first-order valence-corrected chi connectivity index (χ1v) is 2.61. The molecule has 0 bridgehead atoms. The van der Waals surface area contributed by atoms with Gasteiger partial charge in [-0.25, -0.2) is 0 Å². The van der Waals surface area contributed by atoms with Crippen molar-refractivity contribution < 1.29 is 0 Å². The molecule has 1 rings (SSSR count). The average molecular weight is 232 g/mol. The standard InChI is InChI=1S/C8H8.Te/c1-2-8-6-4-3-5-7-8;/h2-7H,1H2;. The molecule has 1 heteroatoms. The second kappa shape index (κ2) is 4.61. The van der Waals surface area contributed by atoms with Gasteiger partial charge < -0.3 is 0 Å². The molecule has 0 heterocycles. The Labute approximate surface area is 72.3 Å². The van der Waals surface area contributed by atoms with Crippen molar-refractivity contribution in [2.45, 2.75) is 0 Å². The van der Waals surface area contributed by atoms with Gasteiger partial charge in [-0.1, -0.05) is 43.0 Å². The van der Waals surface area contributed by atoms with Crippen LogP contribution in [0.2, 0.25) is 0 Å².